The lowest BCUT2D eigenvalue weighted by Gasteiger charge is -2.37. The smallest absolute Gasteiger partial charge is 0.465 e. The number of thioether (sulfide) groups is 1. The van der Waals surface area contributed by atoms with Crippen LogP contribution in [0.15, 0.2) is 130 Å². The number of hydrogen-bond donors (Lipinski definition) is 5. The first-order valence-electron chi connectivity index (χ1n) is 25.9. The Hall–Kier alpha value is -5.38. The largest absolute Gasteiger partial charge is 0.501 e. The molecule has 424 valence electrons. The number of hydrogen-bond acceptors (Lipinski definition) is 13. The van der Waals surface area contributed by atoms with Crippen molar-refractivity contribution in [2.45, 2.75) is 72.3 Å². The normalized spacial score (nSPS) is 15.3. The molecule has 5 aromatic carbocycles. The highest BCUT2D eigenvalue weighted by atomic mass is 35.5. The van der Waals surface area contributed by atoms with Crippen molar-refractivity contribution in [3.63, 3.8) is 0 Å². The molecular weight excluding hydrogens is 1120 g/mol. The summed E-state index contributed by atoms with van der Waals surface area (Å²) < 4.78 is 107. The molecule has 5 N–H and O–H groups in total. The number of esters is 1. The number of piperazine rings is 1. The highest BCUT2D eigenvalue weighted by Crippen LogP contribution is 2.46. The number of halogens is 5. The number of aromatic nitrogens is 1. The maximum atomic E-state index is 15.7. The Morgan fingerprint density at radius 2 is 1.51 bits per heavy atom. The molecule has 3 heterocycles. The van der Waals surface area contributed by atoms with Gasteiger partial charge >= 0.3 is 19.1 Å². The summed E-state index contributed by atoms with van der Waals surface area (Å²) in [5.41, 5.74) is 2.18. The fraction of sp³-hybridized carbons (Fsp3) is 0.375. The quantitative estimate of drug-likeness (QED) is 0.0143. The first kappa shape index (κ1) is 59.7. The van der Waals surface area contributed by atoms with E-state index in [9.17, 15) is 30.9 Å². The monoisotopic (exact) mass is 1190 g/mol. The summed E-state index contributed by atoms with van der Waals surface area (Å²) in [6.07, 6.45) is 0.786. The van der Waals surface area contributed by atoms with Gasteiger partial charge in [-0.15, -0.1) is 11.8 Å². The molecule has 0 bridgehead atoms. The van der Waals surface area contributed by atoms with Crippen molar-refractivity contribution in [2.75, 3.05) is 96.5 Å². The summed E-state index contributed by atoms with van der Waals surface area (Å²) in [6.45, 7) is 10.0. The minimum atomic E-state index is -5.81. The molecule has 0 saturated carbocycles. The van der Waals surface area contributed by atoms with Crippen molar-refractivity contribution >= 4 is 87.1 Å². The molecule has 14 nitrogen and oxygen atoms in total. The molecule has 79 heavy (non-hydrogen) atoms. The van der Waals surface area contributed by atoms with E-state index in [2.05, 4.69) is 61.5 Å². The molecule has 1 aromatic heterocycles. The van der Waals surface area contributed by atoms with Crippen molar-refractivity contribution in [3.8, 4) is 22.4 Å². The first-order valence-corrected chi connectivity index (χ1v) is 31.4. The molecule has 2 saturated heterocycles. The van der Waals surface area contributed by atoms with Crippen LogP contribution in [0.1, 0.15) is 44.8 Å². The molecule has 0 aliphatic carbocycles. The second-order valence-corrected chi connectivity index (χ2v) is 26.0. The average molecular weight is 1190 g/mol. The van der Waals surface area contributed by atoms with Crippen LogP contribution in [0.2, 0.25) is 5.02 Å². The van der Waals surface area contributed by atoms with E-state index in [0.29, 0.717) is 81.5 Å². The predicted molar refractivity (Wildman–Crippen MR) is 311 cm³/mol. The third kappa shape index (κ3) is 15.1. The van der Waals surface area contributed by atoms with Gasteiger partial charge in [0, 0.05) is 101 Å². The van der Waals surface area contributed by atoms with E-state index in [0.717, 1.165) is 68.1 Å². The Balaban J connectivity index is 0.914. The minimum absolute atomic E-state index is 0.123. The standard InChI is InChI=1S/C56H65ClF4N7O7PS3/c1-37(2)68-38(3)53(62-4)52(54(68)39-10-12-42(57)13-11-39)41-32-43(58)34-47(33-41)67-28-26-66(27-29-67)46-16-14-44(15-17-46)64-78-49-18-19-50(51(35-49)79(73,74)56(59,60)61)63-45(36-77-48-8-6-5-7-9-48)22-25-65-23-20-40(21-24-65)55(69)75-30-31-76(70,71)72/h5-19,32-35,37,40,45,62-64H,20-31,36H2,1-4H3,(H2,70,71,72)/t45-/m1/s1. The maximum Gasteiger partial charge on any atom is 0.501 e. The number of carbonyl (C=O) groups excluding carboxylic acids is 1. The number of rotatable bonds is 22. The van der Waals surface area contributed by atoms with E-state index in [1.165, 1.54) is 17.8 Å². The third-order valence-corrected chi connectivity index (χ3v) is 18.7. The van der Waals surface area contributed by atoms with E-state index in [1.807, 2.05) is 85.9 Å². The van der Waals surface area contributed by atoms with Gasteiger partial charge in [-0.25, -0.2) is 12.8 Å². The van der Waals surface area contributed by atoms with Gasteiger partial charge in [0.25, 0.3) is 9.84 Å². The van der Waals surface area contributed by atoms with E-state index in [-0.39, 0.29) is 29.0 Å². The highest BCUT2D eigenvalue weighted by Gasteiger charge is 2.48. The Morgan fingerprint density at radius 1 is 0.848 bits per heavy atom. The average Bonchev–Trinajstić information content (AvgIpc) is 3.97. The first-order chi connectivity index (χ1) is 37.6. The van der Waals surface area contributed by atoms with Gasteiger partial charge in [0.1, 0.15) is 17.3 Å². The number of sulfone groups is 1. The number of piperidine rings is 1. The molecule has 0 unspecified atom stereocenters. The molecular formula is C56H65ClF4N7O7PS3. The maximum absolute atomic E-state index is 15.7. The lowest BCUT2D eigenvalue weighted by molar-refractivity contribution is -0.149. The second-order valence-electron chi connectivity index (χ2n) is 19.9. The lowest BCUT2D eigenvalue weighted by Crippen LogP contribution is -2.46. The topological polar surface area (TPSA) is 169 Å². The molecule has 2 aliphatic heterocycles. The Morgan fingerprint density at radius 3 is 2.13 bits per heavy atom. The van der Waals surface area contributed by atoms with Crippen LogP contribution in [0.25, 0.3) is 22.4 Å². The van der Waals surface area contributed by atoms with Crippen LogP contribution in [-0.4, -0.2) is 117 Å². The summed E-state index contributed by atoms with van der Waals surface area (Å²) in [5, 5.41) is 7.17. The number of likely N-dealkylation sites (tertiary alicyclic amines) is 1. The van der Waals surface area contributed by atoms with Gasteiger partial charge in [-0.1, -0.05) is 41.9 Å². The van der Waals surface area contributed by atoms with Gasteiger partial charge in [0.15, 0.2) is 0 Å². The zero-order valence-corrected chi connectivity index (χ0v) is 48.3. The third-order valence-electron chi connectivity index (χ3n) is 14.1. The number of nitrogens with one attached hydrogen (secondary N) is 3. The Labute approximate surface area is 472 Å². The van der Waals surface area contributed by atoms with Gasteiger partial charge < -0.3 is 49.1 Å². The molecule has 23 heteroatoms. The van der Waals surface area contributed by atoms with Crippen molar-refractivity contribution in [3.05, 3.63) is 132 Å². The van der Waals surface area contributed by atoms with E-state index in [1.54, 1.807) is 18.2 Å². The molecule has 0 radical (unpaired) electrons. The van der Waals surface area contributed by atoms with Crippen LogP contribution in [0.4, 0.5) is 46.0 Å². The summed E-state index contributed by atoms with van der Waals surface area (Å²) in [7, 11) is -8.24. The number of nitrogens with zero attached hydrogens (tertiary/aromatic N) is 4. The number of alkyl halides is 3. The molecule has 0 spiro atoms. The summed E-state index contributed by atoms with van der Waals surface area (Å²) in [4.78, 5) is 37.5. The summed E-state index contributed by atoms with van der Waals surface area (Å²) in [6, 6.07) is 33.5. The van der Waals surface area contributed by atoms with Crippen LogP contribution in [-0.2, 0) is 23.9 Å². The van der Waals surface area contributed by atoms with Crippen LogP contribution in [0.5, 0.6) is 0 Å². The fourth-order valence-electron chi connectivity index (χ4n) is 10.1. The SMILES string of the molecule is CNc1c(-c2cc(F)cc(N3CCN(c4ccc(NSc5ccc(N[C@H](CCN6CCC(C(=O)OCCP(=O)(O)O)CC6)CSc6ccccc6)c(S(=O)(=O)C(F)(F)F)c5)cc4)CC3)c2)c(-c2ccc(Cl)cc2)n(C(C)C)c1C. The van der Waals surface area contributed by atoms with Crippen LogP contribution >= 0.6 is 42.9 Å². The van der Waals surface area contributed by atoms with Crippen molar-refractivity contribution in [1.29, 1.82) is 0 Å². The lowest BCUT2D eigenvalue weighted by atomic mass is 9.97. The van der Waals surface area contributed by atoms with E-state index in [4.69, 9.17) is 26.1 Å². The van der Waals surface area contributed by atoms with Gasteiger partial charge in [0.2, 0.25) is 0 Å². The Kier molecular flexibility index (Phi) is 19.7. The van der Waals surface area contributed by atoms with Crippen molar-refractivity contribution in [2.24, 2.45) is 5.92 Å². The second kappa shape index (κ2) is 26.0. The number of carbonyl (C=O) groups is 1. The number of anilines is 5. The highest BCUT2D eigenvalue weighted by molar-refractivity contribution is 8.00. The van der Waals surface area contributed by atoms with Crippen molar-refractivity contribution in [1.82, 2.24) is 9.47 Å². The fourth-order valence-corrected chi connectivity index (χ4v) is 13.2. The molecule has 0 amide bonds. The summed E-state index contributed by atoms with van der Waals surface area (Å²) in [5.74, 6) is -0.890. The van der Waals surface area contributed by atoms with Crippen LogP contribution < -0.4 is 25.2 Å². The predicted octanol–water partition coefficient (Wildman–Crippen LogP) is 12.7. The number of ether oxygens (including phenoxy) is 1. The molecule has 8 rings (SSSR count). The van der Waals surface area contributed by atoms with Gasteiger partial charge in [-0.2, -0.15) is 13.2 Å². The zero-order chi connectivity index (χ0) is 56.6. The van der Waals surface area contributed by atoms with E-state index >= 15 is 4.39 Å². The van der Waals surface area contributed by atoms with Crippen LogP contribution in [0, 0.1) is 18.7 Å². The van der Waals surface area contributed by atoms with Crippen LogP contribution in [0.3, 0.4) is 0 Å². The molecule has 2 fully saturated rings. The van der Waals surface area contributed by atoms with Gasteiger partial charge in [0.05, 0.1) is 29.1 Å². The number of benzene rings is 5. The Bertz CT molecular complexity index is 3210. The molecule has 6 aromatic rings. The van der Waals surface area contributed by atoms with E-state index < -0.39 is 51.9 Å². The summed E-state index contributed by atoms with van der Waals surface area (Å²) >= 11 is 8.76. The zero-order valence-electron chi connectivity index (χ0n) is 44.2. The molecule has 1 atom stereocenters. The molecule has 2 aliphatic rings. The minimum Gasteiger partial charge on any atom is -0.465 e. The van der Waals surface area contributed by atoms with Gasteiger partial charge in [-0.3, -0.25) is 9.36 Å². The van der Waals surface area contributed by atoms with Crippen molar-refractivity contribution < 1.29 is 49.9 Å². The van der Waals surface area contributed by atoms with Gasteiger partial charge in [-0.05, 0) is 161 Å².